The van der Waals surface area contributed by atoms with Gasteiger partial charge in [-0.1, -0.05) is 216 Å². The molecule has 0 radical (unpaired) electrons. The molecule has 6 aliphatic rings. The Morgan fingerprint density at radius 3 is 1.83 bits per heavy atom. The van der Waals surface area contributed by atoms with Gasteiger partial charge >= 0.3 is 0 Å². The molecular weight excluding hydrogens is 831 g/mol. The summed E-state index contributed by atoms with van der Waals surface area (Å²) in [6.45, 7) is 15.1. The SMILES string of the molecule is C/C=C(C)/C=C\CC.CC.CC1(C)C2=C(c3cc(-c4ccc5c(c4)C4C=CC=CC4N5c4ccc5c(c4)C4(c6ccccc6-c6ccccc64)c4ccccc4-5)ccc31)c1cccc3cccc2c13. The average molecular weight is 890 g/mol. The average Bonchev–Trinajstić information content (AvgIpc) is 4.16. The van der Waals surface area contributed by atoms with E-state index >= 15 is 0 Å². The van der Waals surface area contributed by atoms with E-state index in [4.69, 9.17) is 0 Å². The van der Waals surface area contributed by atoms with Crippen molar-refractivity contribution in [2.45, 2.75) is 77.7 Å². The van der Waals surface area contributed by atoms with E-state index in [0.29, 0.717) is 0 Å². The van der Waals surface area contributed by atoms with E-state index in [0.717, 1.165) is 6.42 Å². The molecule has 0 aromatic heterocycles. The fraction of sp³-hybridized carbons (Fsp3) is 0.176. The number of fused-ring (bicyclic) bond motifs is 17. The molecule has 0 fully saturated rings. The van der Waals surface area contributed by atoms with Crippen LogP contribution in [0.1, 0.15) is 111 Å². The third-order valence-corrected chi connectivity index (χ3v) is 16.0. The third-order valence-electron chi connectivity index (χ3n) is 16.0. The largest absolute Gasteiger partial charge is 0.333 e. The molecule has 1 heteroatoms. The summed E-state index contributed by atoms with van der Waals surface area (Å²) in [5.41, 5.74) is 26.8. The molecule has 14 rings (SSSR count). The maximum absolute atomic E-state index is 2.62. The van der Waals surface area contributed by atoms with Crippen LogP contribution in [0, 0.1) is 0 Å². The van der Waals surface area contributed by atoms with Gasteiger partial charge in [-0.3, -0.25) is 0 Å². The number of allylic oxidation sites excluding steroid dienone is 7. The van der Waals surface area contributed by atoms with Crippen molar-refractivity contribution in [1.29, 1.82) is 0 Å². The van der Waals surface area contributed by atoms with Crippen molar-refractivity contribution in [3.8, 4) is 33.4 Å². The molecule has 5 aliphatic carbocycles. The van der Waals surface area contributed by atoms with Gasteiger partial charge in [0.15, 0.2) is 0 Å². The number of anilines is 2. The zero-order chi connectivity index (χ0) is 47.2. The van der Waals surface area contributed by atoms with Gasteiger partial charge in [-0.2, -0.15) is 0 Å². The lowest BCUT2D eigenvalue weighted by Crippen LogP contribution is -2.29. The Morgan fingerprint density at radius 2 is 1.16 bits per heavy atom. The molecule has 2 unspecified atom stereocenters. The second-order valence-corrected chi connectivity index (χ2v) is 19.7. The highest BCUT2D eigenvalue weighted by molar-refractivity contribution is 6.22. The van der Waals surface area contributed by atoms with Gasteiger partial charge in [0, 0.05) is 22.7 Å². The van der Waals surface area contributed by atoms with Crippen LogP contribution in [0.3, 0.4) is 0 Å². The Hall–Kier alpha value is -7.48. The fourth-order valence-corrected chi connectivity index (χ4v) is 13.0. The van der Waals surface area contributed by atoms with Crippen LogP contribution in [0.5, 0.6) is 0 Å². The monoisotopic (exact) mass is 889 g/mol. The summed E-state index contributed by atoms with van der Waals surface area (Å²) in [5.74, 6) is 0.256. The summed E-state index contributed by atoms with van der Waals surface area (Å²) in [7, 11) is 0. The van der Waals surface area contributed by atoms with Gasteiger partial charge in [0.1, 0.15) is 0 Å². The van der Waals surface area contributed by atoms with Crippen molar-refractivity contribution < 1.29 is 0 Å². The lowest BCUT2D eigenvalue weighted by Gasteiger charge is -2.33. The van der Waals surface area contributed by atoms with Crippen LogP contribution in [-0.2, 0) is 10.8 Å². The summed E-state index contributed by atoms with van der Waals surface area (Å²) in [5, 5.41) is 2.74. The molecule has 8 aromatic rings. The van der Waals surface area contributed by atoms with Gasteiger partial charge in [0.05, 0.1) is 11.5 Å². The van der Waals surface area contributed by atoms with Crippen molar-refractivity contribution in [2.24, 2.45) is 0 Å². The molecule has 0 bridgehead atoms. The molecule has 0 N–H and O–H groups in total. The molecular formula is C68H59N. The molecule has 1 aliphatic heterocycles. The van der Waals surface area contributed by atoms with E-state index in [1.165, 1.54) is 122 Å². The predicted molar refractivity (Wildman–Crippen MR) is 295 cm³/mol. The van der Waals surface area contributed by atoms with Gasteiger partial charge in [-0.25, -0.2) is 0 Å². The van der Waals surface area contributed by atoms with Crippen LogP contribution in [0.4, 0.5) is 11.4 Å². The second kappa shape index (κ2) is 16.3. The predicted octanol–water partition coefficient (Wildman–Crippen LogP) is 18.1. The Balaban J connectivity index is 0.000000451. The molecule has 8 aromatic carbocycles. The van der Waals surface area contributed by atoms with E-state index < -0.39 is 0 Å². The smallest absolute Gasteiger partial charge is 0.0726 e. The van der Waals surface area contributed by atoms with Crippen LogP contribution >= 0.6 is 0 Å². The molecule has 0 saturated carbocycles. The van der Waals surface area contributed by atoms with E-state index in [2.05, 4.69) is 246 Å². The summed E-state index contributed by atoms with van der Waals surface area (Å²) in [4.78, 5) is 2.62. The van der Waals surface area contributed by atoms with E-state index in [1.54, 1.807) is 0 Å². The first-order chi connectivity index (χ1) is 33.8. The van der Waals surface area contributed by atoms with E-state index in [-0.39, 0.29) is 22.8 Å². The molecule has 0 amide bonds. The van der Waals surface area contributed by atoms with Crippen molar-refractivity contribution in [2.75, 3.05) is 4.90 Å². The minimum Gasteiger partial charge on any atom is -0.333 e. The quantitative estimate of drug-likeness (QED) is 0.159. The minimum absolute atomic E-state index is 0.0696. The lowest BCUT2D eigenvalue weighted by atomic mass is 9.70. The number of hydrogen-bond donors (Lipinski definition) is 0. The van der Waals surface area contributed by atoms with Crippen molar-refractivity contribution in [3.63, 3.8) is 0 Å². The van der Waals surface area contributed by atoms with Crippen LogP contribution in [0.2, 0.25) is 0 Å². The highest BCUT2D eigenvalue weighted by Crippen LogP contribution is 2.64. The second-order valence-electron chi connectivity index (χ2n) is 19.7. The molecule has 0 saturated heterocycles. The normalized spacial score (nSPS) is 18.2. The number of benzene rings is 8. The van der Waals surface area contributed by atoms with E-state index in [1.807, 2.05) is 13.8 Å². The van der Waals surface area contributed by atoms with Crippen molar-refractivity contribution >= 4 is 33.3 Å². The summed E-state index contributed by atoms with van der Waals surface area (Å²) < 4.78 is 0. The lowest BCUT2D eigenvalue weighted by molar-refractivity contribution is 0.705. The van der Waals surface area contributed by atoms with Gasteiger partial charge < -0.3 is 4.90 Å². The number of rotatable bonds is 4. The highest BCUT2D eigenvalue weighted by atomic mass is 15.2. The standard InChI is InChI=1S/C58H39N.C8H14.C2H6/c1-57(2)47-29-25-35(32-46(47)55-43-19-11-13-34-14-12-20-44(54(34)43)56(55)57)36-26-30-53-45(31-36)42-18-6-10-24-52(42)59(53)37-27-28-41-40-17-5-9-23-50(40)58(51(41)33-37)48-21-7-3-15-38(48)39-16-4-8-22-49(39)58;1-4-6-7-8(3)5-2;1-2/h3-33,42,52H,1-2H3;5-7H,4H2,1-3H3;1-2H3/b;7-6-,8-5+;. The molecule has 69 heavy (non-hydrogen) atoms. The first kappa shape index (κ1) is 42.8. The van der Waals surface area contributed by atoms with Crippen molar-refractivity contribution in [3.05, 3.63) is 262 Å². The molecule has 336 valence electrons. The van der Waals surface area contributed by atoms with Gasteiger partial charge in [0.2, 0.25) is 0 Å². The fourth-order valence-electron chi connectivity index (χ4n) is 13.0. The first-order valence-electron chi connectivity index (χ1n) is 25.3. The van der Waals surface area contributed by atoms with Crippen LogP contribution in [-0.4, -0.2) is 6.04 Å². The molecule has 1 spiro atoms. The third kappa shape index (κ3) is 6.02. The van der Waals surface area contributed by atoms with E-state index in [9.17, 15) is 0 Å². The maximum atomic E-state index is 2.62. The Bertz CT molecular complexity index is 3510. The first-order valence-corrected chi connectivity index (χ1v) is 25.3. The van der Waals surface area contributed by atoms with Gasteiger partial charge in [-0.15, -0.1) is 0 Å². The zero-order valence-corrected chi connectivity index (χ0v) is 40.9. The highest BCUT2D eigenvalue weighted by Gasteiger charge is 2.52. The number of hydrogen-bond acceptors (Lipinski definition) is 1. The molecule has 2 atom stereocenters. The minimum atomic E-state index is -0.368. The van der Waals surface area contributed by atoms with Crippen LogP contribution < -0.4 is 4.90 Å². The van der Waals surface area contributed by atoms with Gasteiger partial charge in [0.25, 0.3) is 0 Å². The Labute approximate surface area is 409 Å². The van der Waals surface area contributed by atoms with Crippen LogP contribution in [0.15, 0.2) is 212 Å². The maximum Gasteiger partial charge on any atom is 0.0726 e. The summed E-state index contributed by atoms with van der Waals surface area (Å²) >= 11 is 0. The summed E-state index contributed by atoms with van der Waals surface area (Å²) in [6.07, 6.45) is 16.8. The van der Waals surface area contributed by atoms with Gasteiger partial charge in [-0.05, 0) is 156 Å². The zero-order valence-electron chi connectivity index (χ0n) is 40.9. The topological polar surface area (TPSA) is 3.24 Å². The Kier molecular flexibility index (Phi) is 10.2. The number of nitrogens with zero attached hydrogens (tertiary/aromatic N) is 1. The van der Waals surface area contributed by atoms with Crippen molar-refractivity contribution in [1.82, 2.24) is 0 Å². The molecule has 1 heterocycles. The molecule has 1 nitrogen and oxygen atoms in total. The Morgan fingerprint density at radius 1 is 0.565 bits per heavy atom. The van der Waals surface area contributed by atoms with Crippen LogP contribution in [0.25, 0.3) is 55.3 Å². The summed E-state index contributed by atoms with van der Waals surface area (Å²) in [6, 6.07) is 63.0.